The minimum atomic E-state index is 0.235. The third-order valence-electron chi connectivity index (χ3n) is 3.39. The Hall–Kier alpha value is -1.47. The molecule has 0 heterocycles. The van der Waals surface area contributed by atoms with Crippen LogP contribution >= 0.6 is 11.6 Å². The molecule has 0 amide bonds. The van der Waals surface area contributed by atoms with Crippen LogP contribution in [-0.4, -0.2) is 0 Å². The lowest BCUT2D eigenvalue weighted by molar-refractivity contribution is 0.880. The van der Waals surface area contributed by atoms with Crippen molar-refractivity contribution in [3.05, 3.63) is 63.7 Å². The van der Waals surface area contributed by atoms with Crippen molar-refractivity contribution in [3.63, 3.8) is 0 Å². The van der Waals surface area contributed by atoms with Crippen molar-refractivity contribution in [2.45, 2.75) is 33.7 Å². The first-order valence-electron chi connectivity index (χ1n) is 6.57. The fourth-order valence-corrected chi connectivity index (χ4v) is 2.68. The number of benzene rings is 2. The first kappa shape index (κ1) is 14.0. The molecule has 0 saturated heterocycles. The Balaban J connectivity index is 2.26. The molecule has 0 aliphatic heterocycles. The minimum Gasteiger partial charge on any atom is -0.378 e. The molecule has 1 nitrogen and oxygen atoms in total. The van der Waals surface area contributed by atoms with Crippen molar-refractivity contribution < 1.29 is 0 Å². The number of hydrogen-bond donors (Lipinski definition) is 1. The van der Waals surface area contributed by atoms with Crippen molar-refractivity contribution >= 4 is 17.3 Å². The van der Waals surface area contributed by atoms with Gasteiger partial charge in [0.1, 0.15) is 0 Å². The van der Waals surface area contributed by atoms with Gasteiger partial charge in [0.15, 0.2) is 0 Å². The number of hydrogen-bond acceptors (Lipinski definition) is 1. The lowest BCUT2D eigenvalue weighted by atomic mass is 10.0. The van der Waals surface area contributed by atoms with Crippen LogP contribution in [0.4, 0.5) is 5.69 Å². The third kappa shape index (κ3) is 3.30. The zero-order valence-corrected chi connectivity index (χ0v) is 12.7. The van der Waals surface area contributed by atoms with Crippen LogP contribution in [0, 0.1) is 20.8 Å². The summed E-state index contributed by atoms with van der Waals surface area (Å²) < 4.78 is 0. The van der Waals surface area contributed by atoms with Crippen LogP contribution in [0.25, 0.3) is 0 Å². The summed E-state index contributed by atoms with van der Waals surface area (Å²) in [6, 6.07) is 12.7. The quantitative estimate of drug-likeness (QED) is 0.785. The summed E-state index contributed by atoms with van der Waals surface area (Å²) in [5.74, 6) is 0. The molecule has 2 aromatic rings. The molecule has 0 aromatic heterocycles. The molecule has 2 rings (SSSR count). The maximum Gasteiger partial charge on any atom is 0.0486 e. The van der Waals surface area contributed by atoms with E-state index in [1.165, 1.54) is 27.9 Å². The summed E-state index contributed by atoms with van der Waals surface area (Å²) in [6.45, 7) is 8.58. The topological polar surface area (TPSA) is 12.0 Å². The molecule has 0 aliphatic carbocycles. The van der Waals surface area contributed by atoms with Crippen molar-refractivity contribution in [2.24, 2.45) is 0 Å². The van der Waals surface area contributed by atoms with Crippen molar-refractivity contribution in [1.29, 1.82) is 0 Å². The molecule has 0 radical (unpaired) electrons. The zero-order valence-electron chi connectivity index (χ0n) is 11.9. The van der Waals surface area contributed by atoms with Crippen LogP contribution in [-0.2, 0) is 0 Å². The fraction of sp³-hybridized carbons (Fsp3) is 0.294. The normalized spacial score (nSPS) is 12.3. The number of halogens is 1. The number of rotatable bonds is 3. The van der Waals surface area contributed by atoms with E-state index in [-0.39, 0.29) is 6.04 Å². The highest BCUT2D eigenvalue weighted by molar-refractivity contribution is 6.30. The van der Waals surface area contributed by atoms with E-state index < -0.39 is 0 Å². The van der Waals surface area contributed by atoms with Gasteiger partial charge in [0.2, 0.25) is 0 Å². The predicted molar refractivity (Wildman–Crippen MR) is 84.1 cm³/mol. The van der Waals surface area contributed by atoms with Gasteiger partial charge in [0, 0.05) is 16.8 Å². The molecule has 1 N–H and O–H groups in total. The molecule has 2 aromatic carbocycles. The smallest absolute Gasteiger partial charge is 0.0486 e. The monoisotopic (exact) mass is 273 g/mol. The Morgan fingerprint density at radius 1 is 1.00 bits per heavy atom. The van der Waals surface area contributed by atoms with E-state index in [4.69, 9.17) is 11.6 Å². The van der Waals surface area contributed by atoms with E-state index in [0.29, 0.717) is 0 Å². The average molecular weight is 274 g/mol. The fourth-order valence-electron chi connectivity index (χ4n) is 2.48. The number of nitrogens with one attached hydrogen (secondary N) is 1. The van der Waals surface area contributed by atoms with E-state index in [2.05, 4.69) is 51.2 Å². The molecule has 0 saturated carbocycles. The second kappa shape index (κ2) is 5.66. The van der Waals surface area contributed by atoms with Crippen LogP contribution in [0.2, 0.25) is 5.02 Å². The van der Waals surface area contributed by atoms with Crippen LogP contribution in [0.3, 0.4) is 0 Å². The molecule has 1 atom stereocenters. The first-order chi connectivity index (χ1) is 8.97. The van der Waals surface area contributed by atoms with Gasteiger partial charge in [-0.3, -0.25) is 0 Å². The average Bonchev–Trinajstić information content (AvgIpc) is 2.33. The minimum absolute atomic E-state index is 0.235. The van der Waals surface area contributed by atoms with Gasteiger partial charge < -0.3 is 5.32 Å². The van der Waals surface area contributed by atoms with Gasteiger partial charge in [0.05, 0.1) is 0 Å². The number of anilines is 1. The van der Waals surface area contributed by atoms with Crippen LogP contribution in [0.1, 0.15) is 35.2 Å². The lowest BCUT2D eigenvalue weighted by Gasteiger charge is -2.20. The molecular formula is C17H20ClN. The molecule has 0 aliphatic rings. The lowest BCUT2D eigenvalue weighted by Crippen LogP contribution is -2.09. The summed E-state index contributed by atoms with van der Waals surface area (Å²) in [4.78, 5) is 0. The summed E-state index contributed by atoms with van der Waals surface area (Å²) in [7, 11) is 0. The molecule has 2 heteroatoms. The Morgan fingerprint density at radius 3 is 2.21 bits per heavy atom. The summed E-state index contributed by atoms with van der Waals surface area (Å²) in [5, 5.41) is 4.37. The maximum absolute atomic E-state index is 6.05. The molecule has 0 spiro atoms. The van der Waals surface area contributed by atoms with E-state index in [9.17, 15) is 0 Å². The molecule has 19 heavy (non-hydrogen) atoms. The van der Waals surface area contributed by atoms with Crippen LogP contribution in [0.15, 0.2) is 36.4 Å². The van der Waals surface area contributed by atoms with Gasteiger partial charge in [-0.2, -0.15) is 0 Å². The van der Waals surface area contributed by atoms with E-state index >= 15 is 0 Å². The molecule has 1 unspecified atom stereocenters. The second-order valence-corrected chi connectivity index (χ2v) is 5.63. The largest absolute Gasteiger partial charge is 0.378 e. The van der Waals surface area contributed by atoms with Crippen LogP contribution in [0.5, 0.6) is 0 Å². The summed E-state index contributed by atoms with van der Waals surface area (Å²) >= 11 is 6.05. The zero-order chi connectivity index (χ0) is 14.0. The van der Waals surface area contributed by atoms with E-state index in [1.807, 2.05) is 18.2 Å². The molecular weight excluding hydrogens is 254 g/mol. The predicted octanol–water partition coefficient (Wildman–Crippen LogP) is 5.44. The van der Waals surface area contributed by atoms with Gasteiger partial charge in [-0.1, -0.05) is 41.4 Å². The molecule has 0 bridgehead atoms. The van der Waals surface area contributed by atoms with E-state index in [0.717, 1.165) is 5.02 Å². The Bertz CT molecular complexity index is 567. The second-order valence-electron chi connectivity index (χ2n) is 5.19. The third-order valence-corrected chi connectivity index (χ3v) is 3.62. The molecule has 100 valence electrons. The highest BCUT2D eigenvalue weighted by Gasteiger charge is 2.09. The van der Waals surface area contributed by atoms with Crippen LogP contribution < -0.4 is 5.32 Å². The van der Waals surface area contributed by atoms with Crippen molar-refractivity contribution in [1.82, 2.24) is 0 Å². The van der Waals surface area contributed by atoms with Gasteiger partial charge >= 0.3 is 0 Å². The maximum atomic E-state index is 6.05. The Kier molecular flexibility index (Phi) is 4.16. The highest BCUT2D eigenvalue weighted by Crippen LogP contribution is 2.27. The number of aryl methyl sites for hydroxylation is 3. The summed E-state index contributed by atoms with van der Waals surface area (Å²) in [5.41, 5.74) is 6.29. The SMILES string of the molecule is Cc1cc(C)c(NC(C)c2cccc(Cl)c2)c(C)c1. The van der Waals surface area contributed by atoms with Gasteiger partial charge in [0.25, 0.3) is 0 Å². The van der Waals surface area contributed by atoms with Gasteiger partial charge in [-0.15, -0.1) is 0 Å². The standard InChI is InChI=1S/C17H20ClN/c1-11-8-12(2)17(13(3)9-11)19-14(4)15-6-5-7-16(18)10-15/h5-10,14,19H,1-4H3. The molecule has 0 fully saturated rings. The van der Waals surface area contributed by atoms with E-state index in [1.54, 1.807) is 0 Å². The Morgan fingerprint density at radius 2 is 1.63 bits per heavy atom. The van der Waals surface area contributed by atoms with Gasteiger partial charge in [-0.05, 0) is 56.5 Å². The first-order valence-corrected chi connectivity index (χ1v) is 6.95. The van der Waals surface area contributed by atoms with Crippen molar-refractivity contribution in [3.8, 4) is 0 Å². The Labute approximate surface area is 120 Å². The highest BCUT2D eigenvalue weighted by atomic mass is 35.5. The van der Waals surface area contributed by atoms with Crippen molar-refractivity contribution in [2.75, 3.05) is 5.32 Å². The van der Waals surface area contributed by atoms with Gasteiger partial charge in [-0.25, -0.2) is 0 Å². The summed E-state index contributed by atoms with van der Waals surface area (Å²) in [6.07, 6.45) is 0.